The fourth-order valence-corrected chi connectivity index (χ4v) is 4.30. The first-order valence-corrected chi connectivity index (χ1v) is 10.6. The van der Waals surface area contributed by atoms with Gasteiger partial charge in [0.05, 0.1) is 28.3 Å². The summed E-state index contributed by atoms with van der Waals surface area (Å²) in [6.07, 6.45) is 4.35. The van der Waals surface area contributed by atoms with E-state index in [2.05, 4.69) is 15.5 Å². The van der Waals surface area contributed by atoms with Gasteiger partial charge in [-0.05, 0) is 68.9 Å². The Bertz CT molecular complexity index is 1150. The van der Waals surface area contributed by atoms with Crippen molar-refractivity contribution >= 4 is 23.0 Å². The number of carboxylic acid groups (broad SMARTS) is 1. The van der Waals surface area contributed by atoms with Crippen molar-refractivity contribution in [2.45, 2.75) is 50.5 Å². The van der Waals surface area contributed by atoms with Crippen LogP contribution in [0.4, 0.5) is 4.39 Å². The molecule has 0 saturated heterocycles. The molecule has 2 N–H and O–H groups in total. The second kappa shape index (κ2) is 7.76. The standard InChI is InChI=1S/C23H22FN3O4/c24-15-7-3-12(4-8-15)18-11-17(19-20(13-1-2-13)27-31-22(19)26-18)21(28)25-16-9-5-14(6-10-16)23(29)30/h3-4,7-8,11,13-14,16H,1-2,5-6,9-10H2,(H,25,28)(H,29,30). The van der Waals surface area contributed by atoms with Crippen molar-refractivity contribution in [3.05, 3.63) is 47.4 Å². The number of halogens is 1. The first-order valence-electron chi connectivity index (χ1n) is 10.6. The highest BCUT2D eigenvalue weighted by atomic mass is 19.1. The van der Waals surface area contributed by atoms with Crippen LogP contribution in [-0.2, 0) is 4.79 Å². The van der Waals surface area contributed by atoms with Gasteiger partial charge in [0.1, 0.15) is 5.82 Å². The van der Waals surface area contributed by atoms with E-state index >= 15 is 0 Å². The van der Waals surface area contributed by atoms with E-state index in [1.807, 2.05) is 0 Å². The average molecular weight is 423 g/mol. The number of benzene rings is 1. The van der Waals surface area contributed by atoms with Gasteiger partial charge in [0.25, 0.3) is 11.6 Å². The number of aromatic nitrogens is 2. The van der Waals surface area contributed by atoms with E-state index in [1.165, 1.54) is 12.1 Å². The molecule has 0 radical (unpaired) electrons. The Morgan fingerprint density at radius 2 is 1.77 bits per heavy atom. The molecule has 160 valence electrons. The molecule has 1 amide bonds. The highest BCUT2D eigenvalue weighted by Gasteiger charge is 2.33. The Balaban J connectivity index is 1.48. The Morgan fingerprint density at radius 3 is 2.42 bits per heavy atom. The Morgan fingerprint density at radius 1 is 1.06 bits per heavy atom. The molecule has 2 fully saturated rings. The molecule has 0 aliphatic heterocycles. The van der Waals surface area contributed by atoms with Crippen molar-refractivity contribution < 1.29 is 23.6 Å². The van der Waals surface area contributed by atoms with Crippen LogP contribution in [0.5, 0.6) is 0 Å². The third-order valence-corrected chi connectivity index (χ3v) is 6.23. The highest BCUT2D eigenvalue weighted by molar-refractivity contribution is 6.07. The topological polar surface area (TPSA) is 105 Å². The van der Waals surface area contributed by atoms with E-state index in [-0.39, 0.29) is 29.6 Å². The summed E-state index contributed by atoms with van der Waals surface area (Å²) in [5, 5.41) is 17.1. The number of hydrogen-bond acceptors (Lipinski definition) is 5. The fourth-order valence-electron chi connectivity index (χ4n) is 4.30. The van der Waals surface area contributed by atoms with Crippen LogP contribution < -0.4 is 5.32 Å². The van der Waals surface area contributed by atoms with Gasteiger partial charge in [0.2, 0.25) is 0 Å². The van der Waals surface area contributed by atoms with E-state index in [0.717, 1.165) is 18.5 Å². The van der Waals surface area contributed by atoms with Crippen molar-refractivity contribution in [3.8, 4) is 11.3 Å². The summed E-state index contributed by atoms with van der Waals surface area (Å²) in [6, 6.07) is 7.53. The maximum absolute atomic E-state index is 13.4. The van der Waals surface area contributed by atoms with Gasteiger partial charge in [-0.1, -0.05) is 5.16 Å². The molecule has 3 aromatic rings. The maximum Gasteiger partial charge on any atom is 0.306 e. The molecule has 1 aromatic carbocycles. The summed E-state index contributed by atoms with van der Waals surface area (Å²) in [4.78, 5) is 29.0. The average Bonchev–Trinajstić information content (AvgIpc) is 3.52. The number of carbonyl (C=O) groups is 2. The zero-order chi connectivity index (χ0) is 21.5. The molecule has 7 nitrogen and oxygen atoms in total. The minimum absolute atomic E-state index is 0.0789. The Labute approximate surface area is 177 Å². The predicted octanol–water partition coefficient (Wildman–Crippen LogP) is 4.28. The lowest BCUT2D eigenvalue weighted by Crippen LogP contribution is -2.38. The molecule has 5 rings (SSSR count). The lowest BCUT2D eigenvalue weighted by atomic mass is 9.86. The lowest BCUT2D eigenvalue weighted by Gasteiger charge is -2.27. The highest BCUT2D eigenvalue weighted by Crippen LogP contribution is 2.43. The van der Waals surface area contributed by atoms with E-state index in [4.69, 9.17) is 4.52 Å². The van der Waals surface area contributed by atoms with Crippen LogP contribution in [0.1, 0.15) is 60.5 Å². The number of carbonyl (C=O) groups excluding carboxylic acids is 1. The zero-order valence-corrected chi connectivity index (χ0v) is 16.8. The van der Waals surface area contributed by atoms with E-state index < -0.39 is 5.97 Å². The second-order valence-electron chi connectivity index (χ2n) is 8.44. The largest absolute Gasteiger partial charge is 0.481 e. The number of nitrogens with zero attached hydrogens (tertiary/aromatic N) is 2. The van der Waals surface area contributed by atoms with Crippen molar-refractivity contribution in [2.24, 2.45) is 5.92 Å². The van der Waals surface area contributed by atoms with Crippen molar-refractivity contribution in [2.75, 3.05) is 0 Å². The van der Waals surface area contributed by atoms with Crippen molar-refractivity contribution in [1.82, 2.24) is 15.5 Å². The molecule has 31 heavy (non-hydrogen) atoms. The molecule has 2 aliphatic carbocycles. The number of fused-ring (bicyclic) bond motifs is 1. The quantitative estimate of drug-likeness (QED) is 0.635. The zero-order valence-electron chi connectivity index (χ0n) is 16.8. The molecule has 0 bridgehead atoms. The molecular formula is C23H22FN3O4. The first kappa shape index (κ1) is 19.7. The second-order valence-corrected chi connectivity index (χ2v) is 8.44. The molecule has 0 atom stereocenters. The predicted molar refractivity (Wildman–Crippen MR) is 110 cm³/mol. The molecule has 2 heterocycles. The number of nitrogens with one attached hydrogen (secondary N) is 1. The molecular weight excluding hydrogens is 401 g/mol. The number of rotatable bonds is 5. The van der Waals surface area contributed by atoms with Gasteiger partial charge in [0, 0.05) is 17.5 Å². The third kappa shape index (κ3) is 3.89. The monoisotopic (exact) mass is 423 g/mol. The molecule has 0 spiro atoms. The number of carboxylic acids is 1. The first-order chi connectivity index (χ1) is 15.0. The summed E-state index contributed by atoms with van der Waals surface area (Å²) >= 11 is 0. The van der Waals surface area contributed by atoms with E-state index in [0.29, 0.717) is 53.6 Å². The SMILES string of the molecule is O=C(NC1CCC(C(=O)O)CC1)c1cc(-c2ccc(F)cc2)nc2onc(C3CC3)c12. The Kier molecular flexibility index (Phi) is 4.92. The van der Waals surface area contributed by atoms with Gasteiger partial charge in [-0.25, -0.2) is 9.37 Å². The maximum atomic E-state index is 13.4. The van der Waals surface area contributed by atoms with Gasteiger partial charge in [-0.3, -0.25) is 9.59 Å². The molecule has 2 aromatic heterocycles. The lowest BCUT2D eigenvalue weighted by molar-refractivity contribution is -0.142. The van der Waals surface area contributed by atoms with Gasteiger partial charge < -0.3 is 14.9 Å². The summed E-state index contributed by atoms with van der Waals surface area (Å²) in [5.74, 6) is -1.44. The van der Waals surface area contributed by atoms with E-state index in [9.17, 15) is 19.1 Å². The number of amides is 1. The van der Waals surface area contributed by atoms with Crippen LogP contribution in [0, 0.1) is 11.7 Å². The van der Waals surface area contributed by atoms with Crippen LogP contribution in [0.3, 0.4) is 0 Å². The minimum Gasteiger partial charge on any atom is -0.481 e. The summed E-state index contributed by atoms with van der Waals surface area (Å²) < 4.78 is 18.8. The summed E-state index contributed by atoms with van der Waals surface area (Å²) in [5.41, 5.74) is 2.67. The normalized spacial score (nSPS) is 21.2. The van der Waals surface area contributed by atoms with Crippen molar-refractivity contribution in [1.29, 1.82) is 0 Å². The van der Waals surface area contributed by atoms with Crippen LogP contribution in [-0.4, -0.2) is 33.2 Å². The number of aliphatic carboxylic acids is 1. The molecule has 0 unspecified atom stereocenters. The van der Waals surface area contributed by atoms with Crippen LogP contribution >= 0.6 is 0 Å². The van der Waals surface area contributed by atoms with Gasteiger partial charge in [-0.2, -0.15) is 0 Å². The molecule has 2 aliphatic rings. The molecule has 2 saturated carbocycles. The van der Waals surface area contributed by atoms with E-state index in [1.54, 1.807) is 18.2 Å². The van der Waals surface area contributed by atoms with Crippen LogP contribution in [0.2, 0.25) is 0 Å². The smallest absolute Gasteiger partial charge is 0.306 e. The third-order valence-electron chi connectivity index (χ3n) is 6.23. The van der Waals surface area contributed by atoms with Gasteiger partial charge >= 0.3 is 5.97 Å². The van der Waals surface area contributed by atoms with Crippen LogP contribution in [0.25, 0.3) is 22.4 Å². The molecule has 8 heteroatoms. The number of hydrogen-bond donors (Lipinski definition) is 2. The van der Waals surface area contributed by atoms with Gasteiger partial charge in [0.15, 0.2) is 0 Å². The summed E-state index contributed by atoms with van der Waals surface area (Å²) in [7, 11) is 0. The fraction of sp³-hybridized carbons (Fsp3) is 0.391. The van der Waals surface area contributed by atoms with Crippen molar-refractivity contribution in [3.63, 3.8) is 0 Å². The minimum atomic E-state index is -0.775. The Hall–Kier alpha value is -3.29. The number of pyridine rings is 1. The summed E-state index contributed by atoms with van der Waals surface area (Å²) in [6.45, 7) is 0. The van der Waals surface area contributed by atoms with Crippen LogP contribution in [0.15, 0.2) is 34.9 Å². The van der Waals surface area contributed by atoms with Gasteiger partial charge in [-0.15, -0.1) is 0 Å².